The van der Waals surface area contributed by atoms with Crippen LogP contribution in [0.4, 0.5) is 0 Å². The van der Waals surface area contributed by atoms with Crippen molar-refractivity contribution >= 4 is 5.97 Å². The number of hydrogen-bond acceptors (Lipinski definition) is 1. The van der Waals surface area contributed by atoms with Gasteiger partial charge in [-0.05, 0) is 85.9 Å². The zero-order valence-electron chi connectivity index (χ0n) is 17.6. The van der Waals surface area contributed by atoms with E-state index in [-0.39, 0.29) is 5.41 Å². The summed E-state index contributed by atoms with van der Waals surface area (Å²) in [5.41, 5.74) is 2.82. The summed E-state index contributed by atoms with van der Waals surface area (Å²) in [6, 6.07) is 0. The number of allylic oxidation sites excluding steroid dienone is 4. The maximum Gasteiger partial charge on any atom is 0.327 e. The SMILES string of the molecule is C=C[C@@]1(C)CC=C2[C@@H](CC[C@@H]3[C@](C)(CCC/C=C/C(=O)O)CCC[C@@]23C)C1. The topological polar surface area (TPSA) is 37.3 Å². The van der Waals surface area contributed by atoms with Crippen molar-refractivity contribution in [3.05, 3.63) is 36.5 Å². The highest BCUT2D eigenvalue weighted by Crippen LogP contribution is 2.64. The first-order valence-electron chi connectivity index (χ1n) is 11.0. The van der Waals surface area contributed by atoms with E-state index in [1.165, 1.54) is 51.0 Å². The molecule has 1 N–H and O–H groups in total. The molecule has 150 valence electrons. The van der Waals surface area contributed by atoms with E-state index in [0.717, 1.165) is 31.1 Å². The van der Waals surface area contributed by atoms with Crippen molar-refractivity contribution in [2.24, 2.45) is 28.1 Å². The molecule has 0 spiro atoms. The minimum absolute atomic E-state index is 0.284. The molecule has 0 unspecified atom stereocenters. The van der Waals surface area contributed by atoms with E-state index < -0.39 is 5.97 Å². The van der Waals surface area contributed by atoms with Crippen molar-refractivity contribution in [2.45, 2.75) is 85.0 Å². The molecule has 0 bridgehead atoms. The van der Waals surface area contributed by atoms with E-state index in [1.54, 1.807) is 5.57 Å². The van der Waals surface area contributed by atoms with Gasteiger partial charge in [0.1, 0.15) is 0 Å². The molecule has 2 fully saturated rings. The summed E-state index contributed by atoms with van der Waals surface area (Å²) in [6.45, 7) is 11.6. The van der Waals surface area contributed by atoms with Gasteiger partial charge in [-0.15, -0.1) is 6.58 Å². The van der Waals surface area contributed by atoms with Crippen molar-refractivity contribution in [3.8, 4) is 0 Å². The Morgan fingerprint density at radius 1 is 1.30 bits per heavy atom. The molecule has 5 atom stereocenters. The average Bonchev–Trinajstić information content (AvgIpc) is 2.60. The van der Waals surface area contributed by atoms with Gasteiger partial charge in [0, 0.05) is 6.08 Å². The standard InChI is InChI=1S/C25H38O2/c1-5-23(2)17-13-20-19(18-23)11-12-21-24(3,15-9-16-25(20,21)4)14-8-6-7-10-22(26)27/h5,7,10,13,19,21H,1,6,8-9,11-12,14-18H2,2-4H3,(H,26,27)/b10-7+/t19-,21+,23-,24+,25-/m0/s1. The van der Waals surface area contributed by atoms with Gasteiger partial charge in [0.15, 0.2) is 0 Å². The van der Waals surface area contributed by atoms with Crippen LogP contribution in [0.15, 0.2) is 36.5 Å². The molecule has 3 aliphatic carbocycles. The fourth-order valence-electron chi connectivity index (χ4n) is 6.85. The molecule has 0 saturated heterocycles. The number of carboxylic acid groups (broad SMARTS) is 1. The van der Waals surface area contributed by atoms with Crippen molar-refractivity contribution in [3.63, 3.8) is 0 Å². The molecule has 27 heavy (non-hydrogen) atoms. The number of carbonyl (C=O) groups is 1. The van der Waals surface area contributed by atoms with E-state index in [9.17, 15) is 4.79 Å². The maximum absolute atomic E-state index is 10.7. The summed E-state index contributed by atoms with van der Waals surface area (Å²) in [6.07, 6.45) is 20.2. The fraction of sp³-hybridized carbons (Fsp3) is 0.720. The van der Waals surface area contributed by atoms with Crippen molar-refractivity contribution in [1.29, 1.82) is 0 Å². The van der Waals surface area contributed by atoms with Crippen LogP contribution in [0.1, 0.15) is 85.0 Å². The summed E-state index contributed by atoms with van der Waals surface area (Å²) in [5.74, 6) is 0.696. The predicted molar refractivity (Wildman–Crippen MR) is 113 cm³/mol. The third-order valence-corrected chi connectivity index (χ3v) is 8.33. The molecular formula is C25H38O2. The summed E-state index contributed by atoms with van der Waals surface area (Å²) in [4.78, 5) is 10.7. The second-order valence-electron chi connectivity index (χ2n) is 10.3. The van der Waals surface area contributed by atoms with E-state index in [0.29, 0.717) is 10.8 Å². The highest BCUT2D eigenvalue weighted by molar-refractivity contribution is 5.79. The molecule has 3 aliphatic rings. The number of carboxylic acids is 1. The van der Waals surface area contributed by atoms with Gasteiger partial charge in [-0.25, -0.2) is 4.79 Å². The lowest BCUT2D eigenvalue weighted by atomic mass is 9.45. The predicted octanol–water partition coefficient (Wildman–Crippen LogP) is 6.93. The smallest absolute Gasteiger partial charge is 0.327 e. The lowest BCUT2D eigenvalue weighted by Gasteiger charge is -2.59. The van der Waals surface area contributed by atoms with Crippen LogP contribution >= 0.6 is 0 Å². The van der Waals surface area contributed by atoms with E-state index in [4.69, 9.17) is 5.11 Å². The Balaban J connectivity index is 1.75. The van der Waals surface area contributed by atoms with Crippen molar-refractivity contribution in [2.75, 3.05) is 0 Å². The van der Waals surface area contributed by atoms with Crippen LogP contribution in [0, 0.1) is 28.1 Å². The Labute approximate surface area is 165 Å². The summed E-state index contributed by atoms with van der Waals surface area (Å²) < 4.78 is 0. The van der Waals surface area contributed by atoms with Crippen LogP contribution in [-0.4, -0.2) is 11.1 Å². The molecule has 0 aromatic rings. The minimum atomic E-state index is -0.833. The van der Waals surface area contributed by atoms with Crippen LogP contribution < -0.4 is 0 Å². The summed E-state index contributed by atoms with van der Waals surface area (Å²) in [5, 5.41) is 8.77. The third kappa shape index (κ3) is 3.96. The highest BCUT2D eigenvalue weighted by atomic mass is 16.4. The van der Waals surface area contributed by atoms with Gasteiger partial charge in [-0.1, -0.05) is 51.0 Å². The first-order valence-corrected chi connectivity index (χ1v) is 11.0. The highest BCUT2D eigenvalue weighted by Gasteiger charge is 2.54. The van der Waals surface area contributed by atoms with Gasteiger partial charge in [-0.3, -0.25) is 0 Å². The molecule has 0 amide bonds. The van der Waals surface area contributed by atoms with Crippen LogP contribution in [-0.2, 0) is 4.79 Å². The number of unbranched alkanes of at least 4 members (excludes halogenated alkanes) is 1. The molecule has 3 rings (SSSR count). The molecular weight excluding hydrogens is 332 g/mol. The van der Waals surface area contributed by atoms with E-state index in [2.05, 4.69) is 39.5 Å². The molecule has 2 heteroatoms. The molecule has 0 aliphatic heterocycles. The van der Waals surface area contributed by atoms with Crippen LogP contribution in [0.25, 0.3) is 0 Å². The zero-order valence-corrected chi connectivity index (χ0v) is 17.6. The van der Waals surface area contributed by atoms with Crippen LogP contribution in [0.2, 0.25) is 0 Å². The van der Waals surface area contributed by atoms with Gasteiger partial charge in [-0.2, -0.15) is 0 Å². The second-order valence-corrected chi connectivity index (χ2v) is 10.3. The quantitative estimate of drug-likeness (QED) is 0.312. The molecule has 0 aromatic carbocycles. The Morgan fingerprint density at radius 2 is 2.07 bits per heavy atom. The zero-order chi connectivity index (χ0) is 19.7. The minimum Gasteiger partial charge on any atom is -0.478 e. The number of aliphatic carboxylic acids is 1. The first-order chi connectivity index (χ1) is 12.7. The van der Waals surface area contributed by atoms with Crippen molar-refractivity contribution < 1.29 is 9.90 Å². The molecule has 2 nitrogen and oxygen atoms in total. The Morgan fingerprint density at radius 3 is 2.78 bits per heavy atom. The molecule has 0 heterocycles. The lowest BCUT2D eigenvalue weighted by Crippen LogP contribution is -2.50. The van der Waals surface area contributed by atoms with Crippen LogP contribution in [0.3, 0.4) is 0 Å². The lowest BCUT2D eigenvalue weighted by molar-refractivity contribution is -0.131. The van der Waals surface area contributed by atoms with E-state index in [1.807, 2.05) is 6.08 Å². The fourth-order valence-corrected chi connectivity index (χ4v) is 6.85. The number of rotatable bonds is 6. The largest absolute Gasteiger partial charge is 0.478 e. The Hall–Kier alpha value is -1.31. The molecule has 0 radical (unpaired) electrons. The average molecular weight is 371 g/mol. The Kier molecular flexibility index (Phi) is 5.75. The maximum atomic E-state index is 10.7. The van der Waals surface area contributed by atoms with Crippen molar-refractivity contribution in [1.82, 2.24) is 0 Å². The summed E-state index contributed by atoms with van der Waals surface area (Å²) >= 11 is 0. The van der Waals surface area contributed by atoms with Crippen LogP contribution in [0.5, 0.6) is 0 Å². The first kappa shape index (κ1) is 20.4. The normalized spacial score (nSPS) is 41.5. The van der Waals surface area contributed by atoms with Gasteiger partial charge in [0.25, 0.3) is 0 Å². The molecule has 0 aromatic heterocycles. The van der Waals surface area contributed by atoms with Gasteiger partial charge in [0.2, 0.25) is 0 Å². The van der Waals surface area contributed by atoms with Gasteiger partial charge < -0.3 is 5.11 Å². The monoisotopic (exact) mass is 370 g/mol. The number of hydrogen-bond donors (Lipinski definition) is 1. The van der Waals surface area contributed by atoms with Gasteiger partial charge >= 0.3 is 5.97 Å². The molecule has 2 saturated carbocycles. The summed E-state index contributed by atoms with van der Waals surface area (Å²) in [7, 11) is 0. The van der Waals surface area contributed by atoms with E-state index >= 15 is 0 Å². The Bertz CT molecular complexity index is 645. The second kappa shape index (κ2) is 7.60. The third-order valence-electron chi connectivity index (χ3n) is 8.33. The number of fused-ring (bicyclic) bond motifs is 3. The van der Waals surface area contributed by atoms with Gasteiger partial charge in [0.05, 0.1) is 0 Å².